The predicted octanol–water partition coefficient (Wildman–Crippen LogP) is 6.26. The lowest BCUT2D eigenvalue weighted by molar-refractivity contribution is -0.0649. The number of amides is 2. The number of ether oxygens (including phenoxy) is 2. The number of hydrogen-bond acceptors (Lipinski definition) is 5. The highest BCUT2D eigenvalue weighted by Crippen LogP contribution is 2.36. The lowest BCUT2D eigenvalue weighted by atomic mass is 9.78. The molecule has 0 saturated heterocycles. The van der Waals surface area contributed by atoms with Gasteiger partial charge in [-0.25, -0.2) is 9.18 Å². The quantitative estimate of drug-likeness (QED) is 0.340. The Hall–Kier alpha value is -2.84. The number of halogens is 2. The Morgan fingerprint density at radius 1 is 1.24 bits per heavy atom. The summed E-state index contributed by atoms with van der Waals surface area (Å²) in [5.41, 5.74) is 0.900. The van der Waals surface area contributed by atoms with Crippen molar-refractivity contribution in [3.63, 3.8) is 0 Å². The van der Waals surface area contributed by atoms with E-state index in [4.69, 9.17) is 21.1 Å². The van der Waals surface area contributed by atoms with Crippen LogP contribution in [0, 0.1) is 17.8 Å². The Morgan fingerprint density at radius 2 is 1.92 bits per heavy atom. The minimum Gasteiger partial charge on any atom is -0.500 e. The molecule has 2 aliphatic rings. The molecule has 1 aromatic carbocycles. The van der Waals surface area contributed by atoms with Gasteiger partial charge in [-0.05, 0) is 55.4 Å². The summed E-state index contributed by atoms with van der Waals surface area (Å²) in [5.74, 6) is 0.960. The first-order chi connectivity index (χ1) is 17.5. The van der Waals surface area contributed by atoms with Crippen LogP contribution in [0.15, 0.2) is 65.3 Å². The number of hydrogen-bond donors (Lipinski definition) is 1. The molecule has 0 spiro atoms. The standard InChI is InChI=1S/C28H37ClFN3O4/c1-17(2)37-25-12-9-22(14-24(25)30)20(5)18(3)13-26-31-27(34)33(15-19(4)36-6)28(35)32(26)16-21-7-10-23(29)11-8-21/h7-12,17-18,20,22,28,35H,4,13-16H2,1-3,5-6H3. The summed E-state index contributed by atoms with van der Waals surface area (Å²) < 4.78 is 25.4. The van der Waals surface area contributed by atoms with Crippen molar-refractivity contribution in [3.8, 4) is 0 Å². The summed E-state index contributed by atoms with van der Waals surface area (Å²) in [5, 5.41) is 11.8. The zero-order valence-electron chi connectivity index (χ0n) is 22.2. The number of carbonyl (C=O) groups excluding carboxylic acids is 1. The van der Waals surface area contributed by atoms with Crippen LogP contribution in [0.4, 0.5) is 9.18 Å². The maximum absolute atomic E-state index is 14.7. The molecular formula is C28H37ClFN3O4. The average Bonchev–Trinajstić information content (AvgIpc) is 2.85. The second-order valence-corrected chi connectivity index (χ2v) is 10.4. The molecule has 9 heteroatoms. The number of aliphatic imine (C=N–C) groups is 1. The number of aliphatic hydroxyl groups is 1. The topological polar surface area (TPSA) is 74.6 Å². The van der Waals surface area contributed by atoms with Gasteiger partial charge < -0.3 is 19.5 Å². The lowest BCUT2D eigenvalue weighted by Crippen LogP contribution is -2.57. The third-order valence-corrected chi connectivity index (χ3v) is 7.13. The number of amidine groups is 1. The molecule has 202 valence electrons. The van der Waals surface area contributed by atoms with Crippen LogP contribution in [-0.4, -0.2) is 52.9 Å². The molecule has 3 rings (SSSR count). The summed E-state index contributed by atoms with van der Waals surface area (Å²) in [6, 6.07) is 6.73. The van der Waals surface area contributed by atoms with Gasteiger partial charge in [-0.1, -0.05) is 50.2 Å². The normalized spacial score (nSPS) is 21.8. The van der Waals surface area contributed by atoms with Gasteiger partial charge in [-0.2, -0.15) is 4.99 Å². The van der Waals surface area contributed by atoms with Gasteiger partial charge >= 0.3 is 6.03 Å². The van der Waals surface area contributed by atoms with E-state index in [9.17, 15) is 14.3 Å². The second kappa shape index (κ2) is 12.6. The van der Waals surface area contributed by atoms with E-state index in [0.717, 1.165) is 5.56 Å². The molecule has 37 heavy (non-hydrogen) atoms. The van der Waals surface area contributed by atoms with Gasteiger partial charge in [0.05, 0.1) is 19.8 Å². The lowest BCUT2D eigenvalue weighted by Gasteiger charge is -2.41. The first kappa shape index (κ1) is 28.7. The van der Waals surface area contributed by atoms with E-state index in [1.807, 2.05) is 32.1 Å². The van der Waals surface area contributed by atoms with Crippen LogP contribution in [0.25, 0.3) is 0 Å². The monoisotopic (exact) mass is 533 g/mol. The molecule has 1 heterocycles. The Labute approximate surface area is 223 Å². The van der Waals surface area contributed by atoms with Gasteiger partial charge in [0.15, 0.2) is 5.76 Å². The van der Waals surface area contributed by atoms with Crippen molar-refractivity contribution >= 4 is 23.5 Å². The van der Waals surface area contributed by atoms with Gasteiger partial charge in [-0.3, -0.25) is 4.90 Å². The average molecular weight is 534 g/mol. The molecule has 0 bridgehead atoms. The van der Waals surface area contributed by atoms with Gasteiger partial charge in [0, 0.05) is 24.4 Å². The van der Waals surface area contributed by atoms with E-state index in [-0.39, 0.29) is 42.7 Å². The SMILES string of the molecule is C=C(CN1C(=O)N=C(CC(C)C(C)C2C=CC(OC(C)C)=C(F)C2)N(Cc2ccc(Cl)cc2)C1O)OC. The number of carbonyl (C=O) groups is 1. The molecule has 1 N–H and O–H groups in total. The Balaban J connectivity index is 1.79. The van der Waals surface area contributed by atoms with Crippen molar-refractivity contribution in [2.75, 3.05) is 13.7 Å². The van der Waals surface area contributed by atoms with E-state index < -0.39 is 12.4 Å². The highest BCUT2D eigenvalue weighted by Gasteiger charge is 2.37. The third-order valence-electron chi connectivity index (χ3n) is 6.88. The Bertz CT molecular complexity index is 1070. The smallest absolute Gasteiger partial charge is 0.349 e. The molecule has 4 atom stereocenters. The second-order valence-electron chi connectivity index (χ2n) is 9.99. The van der Waals surface area contributed by atoms with Crippen LogP contribution in [0.1, 0.15) is 46.1 Å². The van der Waals surface area contributed by atoms with Crippen molar-refractivity contribution in [2.45, 2.75) is 59.5 Å². The number of nitrogens with zero attached hydrogens (tertiary/aromatic N) is 3. The molecule has 0 aromatic heterocycles. The van der Waals surface area contributed by atoms with Crippen molar-refractivity contribution < 1.29 is 23.8 Å². The number of urea groups is 1. The molecule has 1 aliphatic heterocycles. The molecule has 7 nitrogen and oxygen atoms in total. The molecule has 1 aliphatic carbocycles. The Morgan fingerprint density at radius 3 is 2.51 bits per heavy atom. The largest absolute Gasteiger partial charge is 0.500 e. The predicted molar refractivity (Wildman–Crippen MR) is 143 cm³/mol. The van der Waals surface area contributed by atoms with E-state index >= 15 is 0 Å². The fourth-order valence-corrected chi connectivity index (χ4v) is 4.58. The van der Waals surface area contributed by atoms with Crippen LogP contribution < -0.4 is 0 Å². The van der Waals surface area contributed by atoms with Crippen LogP contribution >= 0.6 is 11.6 Å². The number of rotatable bonds is 11. The highest BCUT2D eigenvalue weighted by atomic mass is 35.5. The molecule has 0 radical (unpaired) electrons. The summed E-state index contributed by atoms with van der Waals surface area (Å²) in [6.45, 7) is 12.0. The fraction of sp³-hybridized carbons (Fsp3) is 0.500. The molecule has 0 fully saturated rings. The van der Waals surface area contributed by atoms with E-state index in [1.165, 1.54) is 12.0 Å². The summed E-state index contributed by atoms with van der Waals surface area (Å²) in [7, 11) is 1.46. The minimum atomic E-state index is -1.25. The number of allylic oxidation sites excluding steroid dienone is 3. The van der Waals surface area contributed by atoms with Crippen molar-refractivity contribution in [3.05, 3.63) is 70.9 Å². The maximum Gasteiger partial charge on any atom is 0.349 e. The van der Waals surface area contributed by atoms with Crippen LogP contribution in [0.5, 0.6) is 0 Å². The zero-order chi connectivity index (χ0) is 27.3. The molecule has 4 unspecified atom stereocenters. The molecule has 2 amide bonds. The molecule has 0 saturated carbocycles. The van der Waals surface area contributed by atoms with E-state index in [2.05, 4.69) is 25.4 Å². The number of aliphatic hydroxyl groups excluding tert-OH is 1. The fourth-order valence-electron chi connectivity index (χ4n) is 4.46. The van der Waals surface area contributed by atoms with Crippen LogP contribution in [-0.2, 0) is 16.0 Å². The Kier molecular flexibility index (Phi) is 9.79. The van der Waals surface area contributed by atoms with Crippen molar-refractivity contribution in [2.24, 2.45) is 22.7 Å². The number of benzene rings is 1. The van der Waals surface area contributed by atoms with Crippen molar-refractivity contribution in [1.82, 2.24) is 9.80 Å². The van der Waals surface area contributed by atoms with Gasteiger partial charge in [0.1, 0.15) is 17.4 Å². The van der Waals surface area contributed by atoms with Crippen molar-refractivity contribution in [1.29, 1.82) is 0 Å². The van der Waals surface area contributed by atoms with Crippen LogP contribution in [0.3, 0.4) is 0 Å². The summed E-state index contributed by atoms with van der Waals surface area (Å²) >= 11 is 6.04. The zero-order valence-corrected chi connectivity index (χ0v) is 22.9. The molecule has 1 aromatic rings. The summed E-state index contributed by atoms with van der Waals surface area (Å²) in [6.07, 6.45) is 3.05. The van der Waals surface area contributed by atoms with Gasteiger partial charge in [0.2, 0.25) is 6.35 Å². The molecular weight excluding hydrogens is 497 g/mol. The van der Waals surface area contributed by atoms with Crippen LogP contribution in [0.2, 0.25) is 5.02 Å². The first-order valence-corrected chi connectivity index (χ1v) is 12.9. The number of methoxy groups -OCH3 is 1. The van der Waals surface area contributed by atoms with Gasteiger partial charge in [0.25, 0.3) is 0 Å². The maximum atomic E-state index is 14.7. The first-order valence-electron chi connectivity index (χ1n) is 12.5. The minimum absolute atomic E-state index is 0.00954. The third kappa shape index (κ3) is 7.36. The highest BCUT2D eigenvalue weighted by molar-refractivity contribution is 6.30. The van der Waals surface area contributed by atoms with E-state index in [0.29, 0.717) is 35.3 Å². The summed E-state index contributed by atoms with van der Waals surface area (Å²) in [4.78, 5) is 20.1. The van der Waals surface area contributed by atoms with Gasteiger partial charge in [-0.15, -0.1) is 0 Å². The van der Waals surface area contributed by atoms with E-state index in [1.54, 1.807) is 23.1 Å².